The van der Waals surface area contributed by atoms with Gasteiger partial charge in [-0.15, -0.1) is 0 Å². The molecule has 20 heavy (non-hydrogen) atoms. The highest BCUT2D eigenvalue weighted by Gasteiger charge is 2.20. The van der Waals surface area contributed by atoms with E-state index in [2.05, 4.69) is 10.3 Å². The summed E-state index contributed by atoms with van der Waals surface area (Å²) in [6.45, 7) is 2.36. The molecule has 106 valence electrons. The molecule has 0 fully saturated rings. The first-order chi connectivity index (χ1) is 9.63. The molecule has 0 saturated carbocycles. The predicted octanol–water partition coefficient (Wildman–Crippen LogP) is 1.58. The Morgan fingerprint density at radius 3 is 2.75 bits per heavy atom. The van der Waals surface area contributed by atoms with Crippen molar-refractivity contribution in [2.45, 2.75) is 6.92 Å². The highest BCUT2D eigenvalue weighted by molar-refractivity contribution is 6.11. The number of pyridine rings is 1. The monoisotopic (exact) mass is 275 g/mol. The lowest BCUT2D eigenvalue weighted by molar-refractivity contribution is 0.0952. The molecular formula is C14H17N3O3. The van der Waals surface area contributed by atoms with E-state index in [1.807, 2.05) is 6.92 Å². The summed E-state index contributed by atoms with van der Waals surface area (Å²) < 4.78 is 10.6. The Morgan fingerprint density at radius 1 is 1.40 bits per heavy atom. The Morgan fingerprint density at radius 2 is 2.15 bits per heavy atom. The van der Waals surface area contributed by atoms with Gasteiger partial charge in [-0.2, -0.15) is 0 Å². The standard InChI is InChI=1S/C14H17N3O3/c1-4-16-14(18)12-11-8(5-6-17-12)9(15)7-10(19-2)13(11)20-3/h5-7H,4,15H2,1-3H3,(H,16,18). The number of nitrogen functional groups attached to an aromatic ring is 1. The molecule has 1 heterocycles. The van der Waals surface area contributed by atoms with Gasteiger partial charge in [0.2, 0.25) is 0 Å². The van der Waals surface area contributed by atoms with E-state index in [1.165, 1.54) is 14.2 Å². The first-order valence-corrected chi connectivity index (χ1v) is 6.21. The van der Waals surface area contributed by atoms with Crippen LogP contribution in [0.2, 0.25) is 0 Å². The van der Waals surface area contributed by atoms with E-state index in [4.69, 9.17) is 15.2 Å². The SMILES string of the molecule is CCNC(=O)c1nccc2c(N)cc(OC)c(OC)c12. The lowest BCUT2D eigenvalue weighted by atomic mass is 10.1. The maximum absolute atomic E-state index is 12.1. The van der Waals surface area contributed by atoms with Gasteiger partial charge in [-0.25, -0.2) is 0 Å². The number of hydrogen-bond acceptors (Lipinski definition) is 5. The molecule has 1 amide bonds. The van der Waals surface area contributed by atoms with Crippen molar-refractivity contribution in [3.05, 3.63) is 24.0 Å². The van der Waals surface area contributed by atoms with E-state index in [-0.39, 0.29) is 11.6 Å². The second kappa shape index (κ2) is 5.64. The zero-order valence-electron chi connectivity index (χ0n) is 11.7. The number of fused-ring (bicyclic) bond motifs is 1. The minimum atomic E-state index is -0.274. The molecule has 0 saturated heterocycles. The maximum atomic E-state index is 12.1. The van der Waals surface area contributed by atoms with Gasteiger partial charge in [0, 0.05) is 29.9 Å². The van der Waals surface area contributed by atoms with Gasteiger partial charge < -0.3 is 20.5 Å². The Hall–Kier alpha value is -2.50. The van der Waals surface area contributed by atoms with E-state index in [1.54, 1.807) is 18.3 Å². The Balaban J connectivity index is 2.82. The Labute approximate surface area is 116 Å². The summed E-state index contributed by atoms with van der Waals surface area (Å²) in [5.41, 5.74) is 6.78. The summed E-state index contributed by atoms with van der Waals surface area (Å²) in [4.78, 5) is 16.3. The summed E-state index contributed by atoms with van der Waals surface area (Å²) >= 11 is 0. The number of hydrogen-bond donors (Lipinski definition) is 2. The van der Waals surface area contributed by atoms with Crippen molar-refractivity contribution in [1.29, 1.82) is 0 Å². The lowest BCUT2D eigenvalue weighted by Crippen LogP contribution is -2.24. The van der Waals surface area contributed by atoms with Crippen LogP contribution < -0.4 is 20.5 Å². The van der Waals surface area contributed by atoms with Gasteiger partial charge in [-0.3, -0.25) is 9.78 Å². The van der Waals surface area contributed by atoms with Crippen molar-refractivity contribution in [1.82, 2.24) is 10.3 Å². The van der Waals surface area contributed by atoms with E-state index < -0.39 is 0 Å². The molecule has 2 aromatic rings. The Kier molecular flexibility index (Phi) is 3.93. The molecule has 6 heteroatoms. The Bertz CT molecular complexity index is 656. The van der Waals surface area contributed by atoms with Gasteiger partial charge in [-0.1, -0.05) is 0 Å². The van der Waals surface area contributed by atoms with Crippen LogP contribution in [0.3, 0.4) is 0 Å². The number of carbonyl (C=O) groups is 1. The molecule has 0 aliphatic carbocycles. The average molecular weight is 275 g/mol. The van der Waals surface area contributed by atoms with Crippen molar-refractivity contribution in [3.8, 4) is 11.5 Å². The van der Waals surface area contributed by atoms with Crippen LogP contribution in [-0.2, 0) is 0 Å². The van der Waals surface area contributed by atoms with Crippen LogP contribution in [0, 0.1) is 0 Å². The normalized spacial score (nSPS) is 10.3. The fourth-order valence-corrected chi connectivity index (χ4v) is 2.11. The van der Waals surface area contributed by atoms with Crippen LogP contribution in [0.15, 0.2) is 18.3 Å². The molecule has 0 atom stereocenters. The van der Waals surface area contributed by atoms with E-state index in [0.717, 1.165) is 0 Å². The van der Waals surface area contributed by atoms with Gasteiger partial charge in [0.15, 0.2) is 11.5 Å². The van der Waals surface area contributed by atoms with Crippen LogP contribution in [0.5, 0.6) is 11.5 Å². The average Bonchev–Trinajstić information content (AvgIpc) is 2.46. The zero-order chi connectivity index (χ0) is 14.7. The van der Waals surface area contributed by atoms with Crippen LogP contribution in [0.1, 0.15) is 17.4 Å². The molecule has 0 unspecified atom stereocenters. The van der Waals surface area contributed by atoms with Crippen LogP contribution in [-0.4, -0.2) is 31.7 Å². The third kappa shape index (κ3) is 2.20. The molecule has 0 bridgehead atoms. The number of nitrogens with zero attached hydrogens (tertiary/aromatic N) is 1. The zero-order valence-corrected chi connectivity index (χ0v) is 11.7. The molecule has 0 spiro atoms. The van der Waals surface area contributed by atoms with Crippen molar-refractivity contribution in [2.24, 2.45) is 0 Å². The van der Waals surface area contributed by atoms with Crippen molar-refractivity contribution >= 4 is 22.4 Å². The summed E-state index contributed by atoms with van der Waals surface area (Å²) in [7, 11) is 3.03. The third-order valence-electron chi connectivity index (χ3n) is 2.98. The van der Waals surface area contributed by atoms with Gasteiger partial charge in [-0.05, 0) is 13.0 Å². The van der Waals surface area contributed by atoms with Gasteiger partial charge in [0.05, 0.1) is 19.6 Å². The number of aromatic nitrogens is 1. The fourth-order valence-electron chi connectivity index (χ4n) is 2.11. The fraction of sp³-hybridized carbons (Fsp3) is 0.286. The number of benzene rings is 1. The number of nitrogens with two attached hydrogens (primary N) is 1. The minimum Gasteiger partial charge on any atom is -0.493 e. The highest BCUT2D eigenvalue weighted by atomic mass is 16.5. The van der Waals surface area contributed by atoms with Crippen molar-refractivity contribution < 1.29 is 14.3 Å². The third-order valence-corrected chi connectivity index (χ3v) is 2.98. The quantitative estimate of drug-likeness (QED) is 0.827. The number of ether oxygens (including phenoxy) is 2. The smallest absolute Gasteiger partial charge is 0.270 e. The summed E-state index contributed by atoms with van der Waals surface area (Å²) in [6, 6.07) is 3.41. The number of amides is 1. The molecule has 6 nitrogen and oxygen atoms in total. The molecule has 0 radical (unpaired) electrons. The molecule has 0 aliphatic rings. The van der Waals surface area contributed by atoms with Crippen molar-refractivity contribution in [3.63, 3.8) is 0 Å². The maximum Gasteiger partial charge on any atom is 0.270 e. The largest absolute Gasteiger partial charge is 0.493 e. The molecule has 3 N–H and O–H groups in total. The van der Waals surface area contributed by atoms with Crippen molar-refractivity contribution in [2.75, 3.05) is 26.5 Å². The van der Waals surface area contributed by atoms with Gasteiger partial charge in [0.1, 0.15) is 5.69 Å². The molecule has 0 aliphatic heterocycles. The van der Waals surface area contributed by atoms with E-state index in [0.29, 0.717) is 34.5 Å². The first kappa shape index (κ1) is 13.9. The first-order valence-electron chi connectivity index (χ1n) is 6.21. The number of rotatable bonds is 4. The molecule has 2 rings (SSSR count). The van der Waals surface area contributed by atoms with E-state index in [9.17, 15) is 4.79 Å². The summed E-state index contributed by atoms with van der Waals surface area (Å²) in [5, 5.41) is 3.98. The van der Waals surface area contributed by atoms with E-state index >= 15 is 0 Å². The minimum absolute atomic E-state index is 0.270. The second-order valence-corrected chi connectivity index (χ2v) is 4.14. The van der Waals surface area contributed by atoms with Gasteiger partial charge >= 0.3 is 0 Å². The van der Waals surface area contributed by atoms with Crippen LogP contribution >= 0.6 is 0 Å². The number of anilines is 1. The molecular weight excluding hydrogens is 258 g/mol. The van der Waals surface area contributed by atoms with Gasteiger partial charge in [0.25, 0.3) is 5.91 Å². The summed E-state index contributed by atoms with van der Waals surface area (Å²) in [5.74, 6) is 0.645. The van der Waals surface area contributed by atoms with Crippen LogP contribution in [0.4, 0.5) is 5.69 Å². The van der Waals surface area contributed by atoms with Crippen LogP contribution in [0.25, 0.3) is 10.8 Å². The lowest BCUT2D eigenvalue weighted by Gasteiger charge is -2.14. The predicted molar refractivity (Wildman–Crippen MR) is 77.3 cm³/mol. The number of methoxy groups -OCH3 is 2. The topological polar surface area (TPSA) is 86.5 Å². The highest BCUT2D eigenvalue weighted by Crippen LogP contribution is 2.40. The molecule has 1 aromatic carbocycles. The second-order valence-electron chi connectivity index (χ2n) is 4.14. The number of nitrogens with one attached hydrogen (secondary N) is 1. The summed E-state index contributed by atoms with van der Waals surface area (Å²) in [6.07, 6.45) is 1.55. The number of carbonyl (C=O) groups excluding carboxylic acids is 1. The molecule has 1 aromatic heterocycles.